The van der Waals surface area contributed by atoms with Crippen LogP contribution in [0.3, 0.4) is 0 Å². The number of nitrogens with zero attached hydrogens (tertiary/aromatic N) is 5. The highest BCUT2D eigenvalue weighted by molar-refractivity contribution is 5.79. The first-order valence-electron chi connectivity index (χ1n) is 10.1. The first kappa shape index (κ1) is 20.3. The highest BCUT2D eigenvalue weighted by Gasteiger charge is 2.27. The number of guanidine groups is 1. The highest BCUT2D eigenvalue weighted by atomic mass is 15.2. The van der Waals surface area contributed by atoms with Gasteiger partial charge in [-0.3, -0.25) is 14.5 Å². The van der Waals surface area contributed by atoms with Crippen LogP contribution in [-0.2, 0) is 6.54 Å². The number of rotatable bonds is 6. The largest absolute Gasteiger partial charge is 0.355 e. The molecule has 0 amide bonds. The molecule has 152 valence electrons. The van der Waals surface area contributed by atoms with Crippen LogP contribution in [0.15, 0.2) is 35.7 Å². The van der Waals surface area contributed by atoms with E-state index < -0.39 is 0 Å². The average Bonchev–Trinajstić information content (AvgIpc) is 3.15. The lowest BCUT2D eigenvalue weighted by Gasteiger charge is -2.41. The predicted molar refractivity (Wildman–Crippen MR) is 114 cm³/mol. The second-order valence-electron chi connectivity index (χ2n) is 8.01. The topological polar surface area (TPSA) is 70.4 Å². The van der Waals surface area contributed by atoms with E-state index in [1.54, 1.807) is 6.20 Å². The SMILES string of the molecule is CN=C(NCc1ccc(-n2ccnc2C)nc1)NCC(C)(C)N1CCCCC1. The molecule has 0 unspecified atom stereocenters. The number of aliphatic imine (C=N–C) groups is 1. The van der Waals surface area contributed by atoms with E-state index in [4.69, 9.17) is 0 Å². The van der Waals surface area contributed by atoms with Crippen LogP contribution in [0.1, 0.15) is 44.5 Å². The van der Waals surface area contributed by atoms with Crippen LogP contribution in [0, 0.1) is 6.92 Å². The van der Waals surface area contributed by atoms with E-state index in [1.807, 2.05) is 37.0 Å². The maximum atomic E-state index is 4.55. The molecule has 0 aliphatic carbocycles. The van der Waals surface area contributed by atoms with Crippen molar-refractivity contribution in [2.24, 2.45) is 4.99 Å². The zero-order valence-corrected chi connectivity index (χ0v) is 17.6. The summed E-state index contributed by atoms with van der Waals surface area (Å²) in [4.78, 5) is 15.7. The van der Waals surface area contributed by atoms with Crippen molar-refractivity contribution in [1.29, 1.82) is 0 Å². The molecule has 0 spiro atoms. The third-order valence-corrected chi connectivity index (χ3v) is 5.47. The molecule has 0 radical (unpaired) electrons. The minimum atomic E-state index is 0.115. The Hall–Kier alpha value is -2.41. The Morgan fingerprint density at radius 3 is 2.54 bits per heavy atom. The second-order valence-corrected chi connectivity index (χ2v) is 8.01. The van der Waals surface area contributed by atoms with Gasteiger partial charge in [-0.2, -0.15) is 0 Å². The molecule has 1 saturated heterocycles. The summed E-state index contributed by atoms with van der Waals surface area (Å²) in [6.45, 7) is 10.5. The normalized spacial score (nSPS) is 16.2. The molecular weight excluding hydrogens is 350 g/mol. The van der Waals surface area contributed by atoms with Crippen molar-refractivity contribution < 1.29 is 0 Å². The fourth-order valence-electron chi connectivity index (χ4n) is 3.60. The number of imidazole rings is 1. The standard InChI is InChI=1S/C21H33N7/c1-17-23-10-13-28(17)19-9-8-18(14-24-19)15-25-20(22-4)26-16-21(2,3)27-11-6-5-7-12-27/h8-10,13-14H,5-7,11-12,15-16H2,1-4H3,(H2,22,25,26). The lowest BCUT2D eigenvalue weighted by molar-refractivity contribution is 0.0982. The molecule has 0 saturated carbocycles. The zero-order chi connectivity index (χ0) is 20.0. The minimum Gasteiger partial charge on any atom is -0.355 e. The molecular formula is C21H33N7. The molecule has 2 aromatic heterocycles. The summed E-state index contributed by atoms with van der Waals surface area (Å²) in [5, 5.41) is 6.87. The molecule has 2 aromatic rings. The van der Waals surface area contributed by atoms with Gasteiger partial charge in [0.05, 0.1) is 0 Å². The molecule has 0 aromatic carbocycles. The maximum absolute atomic E-state index is 4.55. The molecule has 7 heteroatoms. The summed E-state index contributed by atoms with van der Waals surface area (Å²) in [6.07, 6.45) is 9.57. The fourth-order valence-corrected chi connectivity index (χ4v) is 3.60. The van der Waals surface area contributed by atoms with E-state index >= 15 is 0 Å². The Morgan fingerprint density at radius 1 is 1.14 bits per heavy atom. The van der Waals surface area contributed by atoms with Crippen LogP contribution in [0.2, 0.25) is 0 Å². The summed E-state index contributed by atoms with van der Waals surface area (Å²) in [5.74, 6) is 2.63. The third-order valence-electron chi connectivity index (χ3n) is 5.47. The first-order valence-corrected chi connectivity index (χ1v) is 10.1. The Bertz CT molecular complexity index is 770. The molecule has 2 N–H and O–H groups in total. The van der Waals surface area contributed by atoms with Crippen molar-refractivity contribution in [3.05, 3.63) is 42.1 Å². The van der Waals surface area contributed by atoms with Gasteiger partial charge in [-0.1, -0.05) is 12.5 Å². The lowest BCUT2D eigenvalue weighted by atomic mass is 9.98. The Labute approximate surface area is 168 Å². The van der Waals surface area contributed by atoms with E-state index in [9.17, 15) is 0 Å². The van der Waals surface area contributed by atoms with Gasteiger partial charge in [-0.05, 0) is 58.3 Å². The van der Waals surface area contributed by atoms with Gasteiger partial charge in [0.1, 0.15) is 11.6 Å². The van der Waals surface area contributed by atoms with Gasteiger partial charge in [0, 0.05) is 44.3 Å². The summed E-state index contributed by atoms with van der Waals surface area (Å²) in [7, 11) is 1.81. The molecule has 0 atom stereocenters. The highest BCUT2D eigenvalue weighted by Crippen LogP contribution is 2.19. The Kier molecular flexibility index (Phi) is 6.67. The number of piperidine rings is 1. The molecule has 7 nitrogen and oxygen atoms in total. The van der Waals surface area contributed by atoms with Gasteiger partial charge >= 0.3 is 0 Å². The van der Waals surface area contributed by atoms with Crippen molar-refractivity contribution in [3.63, 3.8) is 0 Å². The monoisotopic (exact) mass is 383 g/mol. The van der Waals surface area contributed by atoms with Gasteiger partial charge in [-0.25, -0.2) is 9.97 Å². The van der Waals surface area contributed by atoms with Gasteiger partial charge in [0.15, 0.2) is 5.96 Å². The zero-order valence-electron chi connectivity index (χ0n) is 17.6. The number of nitrogens with one attached hydrogen (secondary N) is 2. The van der Waals surface area contributed by atoms with E-state index in [2.05, 4.69) is 50.4 Å². The Balaban J connectivity index is 1.50. The molecule has 1 fully saturated rings. The van der Waals surface area contributed by atoms with Crippen molar-refractivity contribution in [2.45, 2.75) is 52.1 Å². The summed E-state index contributed by atoms with van der Waals surface area (Å²) < 4.78 is 1.97. The maximum Gasteiger partial charge on any atom is 0.191 e. The Morgan fingerprint density at radius 2 is 1.93 bits per heavy atom. The van der Waals surface area contributed by atoms with Gasteiger partial charge in [0.2, 0.25) is 0 Å². The summed E-state index contributed by atoms with van der Waals surface area (Å²) >= 11 is 0. The first-order chi connectivity index (χ1) is 13.5. The molecule has 0 bridgehead atoms. The smallest absolute Gasteiger partial charge is 0.191 e. The predicted octanol–water partition coefficient (Wildman–Crippen LogP) is 2.51. The number of likely N-dealkylation sites (tertiary alicyclic amines) is 1. The number of hydrogen-bond acceptors (Lipinski definition) is 4. The third kappa shape index (κ3) is 5.10. The van der Waals surface area contributed by atoms with Crippen LogP contribution in [0.5, 0.6) is 0 Å². The molecule has 1 aliphatic rings. The minimum absolute atomic E-state index is 0.115. The number of aromatic nitrogens is 3. The quantitative estimate of drug-likeness (QED) is 0.592. The number of pyridine rings is 1. The van der Waals surface area contributed by atoms with Crippen LogP contribution in [0.25, 0.3) is 5.82 Å². The van der Waals surface area contributed by atoms with E-state index in [0.717, 1.165) is 29.7 Å². The van der Waals surface area contributed by atoms with Crippen LogP contribution < -0.4 is 10.6 Å². The van der Waals surface area contributed by atoms with Crippen molar-refractivity contribution >= 4 is 5.96 Å². The van der Waals surface area contributed by atoms with Crippen LogP contribution >= 0.6 is 0 Å². The van der Waals surface area contributed by atoms with E-state index in [1.165, 1.54) is 32.4 Å². The molecule has 3 heterocycles. The second kappa shape index (κ2) is 9.19. The van der Waals surface area contributed by atoms with Gasteiger partial charge in [-0.15, -0.1) is 0 Å². The van der Waals surface area contributed by atoms with Crippen molar-refractivity contribution in [3.8, 4) is 5.82 Å². The molecule has 3 rings (SSSR count). The number of hydrogen-bond donors (Lipinski definition) is 2. The van der Waals surface area contributed by atoms with Crippen LogP contribution in [-0.4, -0.2) is 57.6 Å². The average molecular weight is 384 g/mol. The fraction of sp³-hybridized carbons (Fsp3) is 0.571. The lowest BCUT2D eigenvalue weighted by Crippen LogP contribution is -2.54. The van der Waals surface area contributed by atoms with Crippen LogP contribution in [0.4, 0.5) is 0 Å². The summed E-state index contributed by atoms with van der Waals surface area (Å²) in [5.41, 5.74) is 1.23. The van der Waals surface area contributed by atoms with Gasteiger partial charge in [0.25, 0.3) is 0 Å². The van der Waals surface area contributed by atoms with Crippen molar-refractivity contribution in [1.82, 2.24) is 30.1 Å². The summed E-state index contributed by atoms with van der Waals surface area (Å²) in [6, 6.07) is 4.10. The molecule has 1 aliphatic heterocycles. The molecule has 28 heavy (non-hydrogen) atoms. The van der Waals surface area contributed by atoms with Crippen molar-refractivity contribution in [2.75, 3.05) is 26.7 Å². The number of aryl methyl sites for hydroxylation is 1. The van der Waals surface area contributed by atoms with E-state index in [-0.39, 0.29) is 5.54 Å². The van der Waals surface area contributed by atoms with E-state index in [0.29, 0.717) is 6.54 Å². The van der Waals surface area contributed by atoms with Gasteiger partial charge < -0.3 is 10.6 Å².